The molecule has 0 spiro atoms. The number of methoxy groups -OCH3 is 1. The number of non-ortho nitro benzene ring substituents is 1. The minimum Gasteiger partial charge on any atom is -0.493 e. The van der Waals surface area contributed by atoms with Crippen LogP contribution in [0.5, 0.6) is 11.5 Å². The van der Waals surface area contributed by atoms with Crippen LogP contribution < -0.4 is 14.8 Å². The molecule has 0 aliphatic rings. The molecule has 0 aliphatic carbocycles. The summed E-state index contributed by atoms with van der Waals surface area (Å²) in [5.74, 6) is 0.229. The van der Waals surface area contributed by atoms with Crippen LogP contribution in [0, 0.1) is 21.4 Å². The van der Waals surface area contributed by atoms with Gasteiger partial charge in [-0.3, -0.25) is 14.9 Å². The number of hydrogen-bond donors (Lipinski definition) is 1. The number of fused-ring (bicyclic) bond motifs is 1. The first-order valence-electron chi connectivity index (χ1n) is 11.0. The van der Waals surface area contributed by atoms with Gasteiger partial charge in [-0.2, -0.15) is 5.26 Å². The zero-order valence-corrected chi connectivity index (χ0v) is 20.4. The number of nitrogens with zero attached hydrogens (tertiary/aromatic N) is 2. The van der Waals surface area contributed by atoms with E-state index in [0.717, 1.165) is 22.4 Å². The molecule has 1 amide bonds. The largest absolute Gasteiger partial charge is 0.493 e. The number of nitrogens with one attached hydrogen (secondary N) is 1. The molecule has 0 heterocycles. The van der Waals surface area contributed by atoms with E-state index in [1.54, 1.807) is 18.2 Å². The minimum atomic E-state index is -0.714. The van der Waals surface area contributed by atoms with E-state index in [2.05, 4.69) is 5.32 Å². The van der Waals surface area contributed by atoms with Crippen LogP contribution in [0.25, 0.3) is 16.8 Å². The highest BCUT2D eigenvalue weighted by atomic mass is 35.5. The molecule has 0 fully saturated rings. The normalized spacial score (nSPS) is 11.0. The number of carbonyl (C=O) groups is 1. The topological polar surface area (TPSA) is 114 Å². The minimum absolute atomic E-state index is 0.0193. The smallest absolute Gasteiger partial charge is 0.271 e. The summed E-state index contributed by atoms with van der Waals surface area (Å²) in [7, 11) is 1.50. The van der Waals surface area contributed by atoms with E-state index in [4.69, 9.17) is 21.1 Å². The van der Waals surface area contributed by atoms with Crippen molar-refractivity contribution in [2.75, 3.05) is 12.4 Å². The number of anilines is 1. The number of hydrogen-bond acceptors (Lipinski definition) is 6. The van der Waals surface area contributed by atoms with Crippen LogP contribution in [0.4, 0.5) is 11.4 Å². The van der Waals surface area contributed by atoms with E-state index in [0.29, 0.717) is 23.7 Å². The van der Waals surface area contributed by atoms with Crippen molar-refractivity contribution in [1.29, 1.82) is 5.26 Å². The van der Waals surface area contributed by atoms with Gasteiger partial charge in [-0.05, 0) is 46.2 Å². The van der Waals surface area contributed by atoms with Crippen LogP contribution >= 0.6 is 11.6 Å². The van der Waals surface area contributed by atoms with Crippen molar-refractivity contribution in [2.45, 2.75) is 6.61 Å². The Balaban J connectivity index is 1.51. The van der Waals surface area contributed by atoms with Crippen molar-refractivity contribution >= 4 is 45.7 Å². The summed E-state index contributed by atoms with van der Waals surface area (Å²) in [4.78, 5) is 22.9. The third-order valence-corrected chi connectivity index (χ3v) is 5.85. The summed E-state index contributed by atoms with van der Waals surface area (Å²) in [6, 6.07) is 24.6. The van der Waals surface area contributed by atoms with Gasteiger partial charge in [0.25, 0.3) is 11.6 Å². The number of nitro benzene ring substituents is 1. The number of rotatable bonds is 8. The maximum Gasteiger partial charge on any atom is 0.271 e. The molecule has 0 aliphatic heterocycles. The number of carbonyl (C=O) groups excluding carboxylic acids is 1. The second-order valence-electron chi connectivity index (χ2n) is 7.88. The predicted octanol–water partition coefficient (Wildman–Crippen LogP) is 6.53. The van der Waals surface area contributed by atoms with Gasteiger partial charge >= 0.3 is 0 Å². The van der Waals surface area contributed by atoms with Gasteiger partial charge in [-0.1, -0.05) is 60.1 Å². The SMILES string of the molecule is COc1cc(/C=C(\C#N)C(=O)Nc2ccc([N+](=O)[O-])cc2Cl)ccc1OCc1cccc2ccccc12. The van der Waals surface area contributed by atoms with Crippen molar-refractivity contribution in [3.05, 3.63) is 111 Å². The molecule has 0 saturated carbocycles. The first-order chi connectivity index (χ1) is 17.9. The molecule has 4 rings (SSSR count). The lowest BCUT2D eigenvalue weighted by Crippen LogP contribution is -2.13. The van der Waals surface area contributed by atoms with Gasteiger partial charge in [-0.15, -0.1) is 0 Å². The fourth-order valence-electron chi connectivity index (χ4n) is 3.69. The van der Waals surface area contributed by atoms with Gasteiger partial charge in [0, 0.05) is 12.1 Å². The summed E-state index contributed by atoms with van der Waals surface area (Å²) in [6.45, 7) is 0.328. The third-order valence-electron chi connectivity index (χ3n) is 5.54. The number of ether oxygens (including phenoxy) is 2. The van der Waals surface area contributed by atoms with Crippen LogP contribution in [0.2, 0.25) is 5.02 Å². The molecular weight excluding hydrogens is 494 g/mol. The fourth-order valence-corrected chi connectivity index (χ4v) is 3.91. The Morgan fingerprint density at radius 3 is 2.59 bits per heavy atom. The molecule has 9 heteroatoms. The summed E-state index contributed by atoms with van der Waals surface area (Å²) in [5.41, 5.74) is 1.30. The molecule has 4 aromatic rings. The van der Waals surface area contributed by atoms with Crippen LogP contribution in [-0.2, 0) is 11.4 Å². The van der Waals surface area contributed by atoms with E-state index in [-0.39, 0.29) is 22.0 Å². The lowest BCUT2D eigenvalue weighted by Gasteiger charge is -2.13. The molecule has 0 radical (unpaired) electrons. The number of benzene rings is 4. The lowest BCUT2D eigenvalue weighted by atomic mass is 10.1. The quantitative estimate of drug-likeness (QED) is 0.124. The zero-order chi connectivity index (χ0) is 26.4. The van der Waals surface area contributed by atoms with E-state index in [9.17, 15) is 20.2 Å². The third kappa shape index (κ3) is 5.86. The molecule has 184 valence electrons. The van der Waals surface area contributed by atoms with Gasteiger partial charge in [0.2, 0.25) is 0 Å². The first-order valence-corrected chi connectivity index (χ1v) is 11.4. The molecule has 37 heavy (non-hydrogen) atoms. The summed E-state index contributed by atoms with van der Waals surface area (Å²) < 4.78 is 11.5. The molecule has 4 aromatic carbocycles. The van der Waals surface area contributed by atoms with Crippen LogP contribution in [-0.4, -0.2) is 17.9 Å². The Hall–Kier alpha value is -4.87. The van der Waals surface area contributed by atoms with Crippen molar-refractivity contribution in [2.24, 2.45) is 0 Å². The maximum atomic E-state index is 12.7. The van der Waals surface area contributed by atoms with Crippen molar-refractivity contribution in [3.8, 4) is 17.6 Å². The van der Waals surface area contributed by atoms with Gasteiger partial charge in [0.05, 0.1) is 22.7 Å². The molecule has 1 N–H and O–H groups in total. The monoisotopic (exact) mass is 513 g/mol. The first kappa shape index (κ1) is 25.2. The summed E-state index contributed by atoms with van der Waals surface area (Å²) >= 11 is 6.04. The number of amides is 1. The molecular formula is C28H20ClN3O5. The Morgan fingerprint density at radius 1 is 1.08 bits per heavy atom. The standard InChI is InChI=1S/C28H20ClN3O5/c1-36-27-14-18(9-12-26(27)37-17-20-7-4-6-19-5-2-3-8-23(19)20)13-21(16-30)28(33)31-25-11-10-22(32(34)35)15-24(25)29/h2-15H,17H2,1H3,(H,31,33)/b21-13+. The fraction of sp³-hybridized carbons (Fsp3) is 0.0714. The molecule has 0 bridgehead atoms. The average Bonchev–Trinajstić information content (AvgIpc) is 2.91. The Kier molecular flexibility index (Phi) is 7.67. The second-order valence-corrected chi connectivity index (χ2v) is 8.29. The highest BCUT2D eigenvalue weighted by Crippen LogP contribution is 2.31. The van der Waals surface area contributed by atoms with Crippen LogP contribution in [0.3, 0.4) is 0 Å². The van der Waals surface area contributed by atoms with Gasteiger partial charge in [0.15, 0.2) is 11.5 Å². The molecule has 0 aromatic heterocycles. The van der Waals surface area contributed by atoms with Crippen molar-refractivity contribution in [1.82, 2.24) is 0 Å². The Labute approximate surface area is 217 Å². The van der Waals surface area contributed by atoms with E-state index < -0.39 is 10.8 Å². The highest BCUT2D eigenvalue weighted by molar-refractivity contribution is 6.34. The van der Waals surface area contributed by atoms with Crippen molar-refractivity contribution in [3.63, 3.8) is 0 Å². The predicted molar refractivity (Wildman–Crippen MR) is 142 cm³/mol. The van der Waals surface area contributed by atoms with Crippen LogP contribution in [0.1, 0.15) is 11.1 Å². The van der Waals surface area contributed by atoms with Gasteiger partial charge in [0.1, 0.15) is 18.2 Å². The zero-order valence-electron chi connectivity index (χ0n) is 19.6. The summed E-state index contributed by atoms with van der Waals surface area (Å²) in [5, 5.41) is 25.1. The van der Waals surface area contributed by atoms with E-state index in [1.807, 2.05) is 48.5 Å². The van der Waals surface area contributed by atoms with Gasteiger partial charge in [-0.25, -0.2) is 0 Å². The van der Waals surface area contributed by atoms with E-state index >= 15 is 0 Å². The maximum absolute atomic E-state index is 12.7. The Morgan fingerprint density at radius 2 is 1.86 bits per heavy atom. The summed E-state index contributed by atoms with van der Waals surface area (Å²) in [6.07, 6.45) is 1.39. The highest BCUT2D eigenvalue weighted by Gasteiger charge is 2.15. The molecule has 0 atom stereocenters. The molecule has 0 unspecified atom stereocenters. The van der Waals surface area contributed by atoms with Crippen molar-refractivity contribution < 1.29 is 19.2 Å². The Bertz CT molecular complexity index is 1570. The molecule has 8 nitrogen and oxygen atoms in total. The molecule has 0 saturated heterocycles. The van der Waals surface area contributed by atoms with Gasteiger partial charge < -0.3 is 14.8 Å². The number of nitro groups is 1. The lowest BCUT2D eigenvalue weighted by molar-refractivity contribution is -0.384. The van der Waals surface area contributed by atoms with E-state index in [1.165, 1.54) is 25.3 Å². The number of halogens is 1. The van der Waals surface area contributed by atoms with Crippen LogP contribution in [0.15, 0.2) is 84.4 Å². The number of nitriles is 1. The second kappa shape index (κ2) is 11.2. The average molecular weight is 514 g/mol.